The largest absolute Gasteiger partial charge is 0.480 e. The van der Waals surface area contributed by atoms with Gasteiger partial charge in [-0.05, 0) is 77.5 Å². The minimum atomic E-state index is -4.52. The zero-order valence-electron chi connectivity index (χ0n) is 17.0. The second-order valence-corrected chi connectivity index (χ2v) is 8.23. The van der Waals surface area contributed by atoms with Crippen molar-refractivity contribution < 1.29 is 27.5 Å². The van der Waals surface area contributed by atoms with Crippen LogP contribution in [0.15, 0.2) is 71.2 Å². The number of carbonyl (C=O) groups excluding carboxylic acids is 2. The van der Waals surface area contributed by atoms with Crippen LogP contribution in [0, 0.1) is 0 Å². The summed E-state index contributed by atoms with van der Waals surface area (Å²) in [5.74, 6) is -0.664. The highest BCUT2D eigenvalue weighted by Crippen LogP contribution is 2.31. The van der Waals surface area contributed by atoms with Crippen LogP contribution in [-0.2, 0) is 11.0 Å². The molecule has 2 amide bonds. The molecule has 0 radical (unpaired) electrons. The van der Waals surface area contributed by atoms with Gasteiger partial charge in [0, 0.05) is 22.0 Å². The van der Waals surface area contributed by atoms with Crippen molar-refractivity contribution in [1.82, 2.24) is 0 Å². The van der Waals surface area contributed by atoms with E-state index in [9.17, 15) is 22.8 Å². The number of benzene rings is 3. The standard InChI is InChI=1S/C23H17BrClF3N2O3/c1-13(33-20-9-8-16(25)12-19(20)24)21(31)29-17-6-2-4-14(10-17)22(32)30-18-7-3-5-15(11-18)23(26,27)28/h2-13H,1H3,(H,29,31)(H,30,32). The quantitative estimate of drug-likeness (QED) is 0.362. The number of hydrogen-bond donors (Lipinski definition) is 2. The Bertz CT molecular complexity index is 1190. The molecule has 0 saturated heterocycles. The van der Waals surface area contributed by atoms with Crippen LogP contribution in [0.4, 0.5) is 24.5 Å². The third-order valence-corrected chi connectivity index (χ3v) is 5.26. The molecule has 1 atom stereocenters. The van der Waals surface area contributed by atoms with Crippen LogP contribution in [0.1, 0.15) is 22.8 Å². The van der Waals surface area contributed by atoms with Crippen molar-refractivity contribution in [2.24, 2.45) is 0 Å². The van der Waals surface area contributed by atoms with Gasteiger partial charge in [0.1, 0.15) is 5.75 Å². The lowest BCUT2D eigenvalue weighted by molar-refractivity contribution is -0.137. The Labute approximate surface area is 201 Å². The van der Waals surface area contributed by atoms with E-state index in [4.69, 9.17) is 16.3 Å². The Kier molecular flexibility index (Phi) is 7.65. The molecule has 0 bridgehead atoms. The summed E-state index contributed by atoms with van der Waals surface area (Å²) in [5.41, 5.74) is -0.399. The fraction of sp³-hybridized carbons (Fsp3) is 0.130. The molecule has 33 heavy (non-hydrogen) atoms. The van der Waals surface area contributed by atoms with Gasteiger partial charge in [-0.1, -0.05) is 23.7 Å². The molecule has 3 aromatic rings. The molecule has 0 aliphatic rings. The first kappa shape index (κ1) is 24.6. The van der Waals surface area contributed by atoms with E-state index in [2.05, 4.69) is 26.6 Å². The predicted octanol–water partition coefficient (Wildman–Crippen LogP) is 6.78. The first-order valence-electron chi connectivity index (χ1n) is 9.54. The number of nitrogens with one attached hydrogen (secondary N) is 2. The number of ether oxygens (including phenoxy) is 1. The number of rotatable bonds is 6. The molecule has 10 heteroatoms. The molecule has 0 saturated carbocycles. The van der Waals surface area contributed by atoms with E-state index < -0.39 is 29.7 Å². The van der Waals surface area contributed by atoms with Crippen LogP contribution in [0.25, 0.3) is 0 Å². The highest BCUT2D eigenvalue weighted by molar-refractivity contribution is 9.10. The average molecular weight is 542 g/mol. The van der Waals surface area contributed by atoms with Crippen molar-refractivity contribution in [3.63, 3.8) is 0 Å². The van der Waals surface area contributed by atoms with Crippen molar-refractivity contribution in [2.75, 3.05) is 10.6 Å². The summed E-state index contributed by atoms with van der Waals surface area (Å²) in [6, 6.07) is 15.2. The van der Waals surface area contributed by atoms with Gasteiger partial charge in [-0.3, -0.25) is 9.59 Å². The zero-order chi connectivity index (χ0) is 24.2. The highest BCUT2D eigenvalue weighted by Gasteiger charge is 2.30. The van der Waals surface area contributed by atoms with Crippen LogP contribution >= 0.6 is 27.5 Å². The fourth-order valence-corrected chi connectivity index (χ4v) is 3.55. The monoisotopic (exact) mass is 540 g/mol. The molecular formula is C23H17BrClF3N2O3. The smallest absolute Gasteiger partial charge is 0.416 e. The van der Waals surface area contributed by atoms with E-state index in [0.29, 0.717) is 20.9 Å². The van der Waals surface area contributed by atoms with Crippen LogP contribution < -0.4 is 15.4 Å². The van der Waals surface area contributed by atoms with E-state index in [1.807, 2.05) is 0 Å². The number of amides is 2. The molecular weight excluding hydrogens is 525 g/mol. The van der Waals surface area contributed by atoms with E-state index in [1.54, 1.807) is 31.2 Å². The van der Waals surface area contributed by atoms with Crippen molar-refractivity contribution in [1.29, 1.82) is 0 Å². The summed E-state index contributed by atoms with van der Waals surface area (Å²) < 4.78 is 44.8. The number of carbonyl (C=O) groups is 2. The Morgan fingerprint density at radius 2 is 1.64 bits per heavy atom. The molecule has 3 aromatic carbocycles. The van der Waals surface area contributed by atoms with E-state index >= 15 is 0 Å². The molecule has 0 heterocycles. The lowest BCUT2D eigenvalue weighted by Crippen LogP contribution is -2.30. The van der Waals surface area contributed by atoms with E-state index in [1.165, 1.54) is 30.3 Å². The van der Waals surface area contributed by atoms with Gasteiger partial charge in [0.05, 0.1) is 10.0 Å². The molecule has 2 N–H and O–H groups in total. The third-order valence-electron chi connectivity index (χ3n) is 4.41. The summed E-state index contributed by atoms with van der Waals surface area (Å²) in [6.07, 6.45) is -5.39. The van der Waals surface area contributed by atoms with Gasteiger partial charge >= 0.3 is 6.18 Å². The SMILES string of the molecule is CC(Oc1ccc(Cl)cc1Br)C(=O)Nc1cccc(C(=O)Nc2cccc(C(F)(F)F)c2)c1. The highest BCUT2D eigenvalue weighted by atomic mass is 79.9. The fourth-order valence-electron chi connectivity index (χ4n) is 2.77. The Hall–Kier alpha value is -3.04. The maximum Gasteiger partial charge on any atom is 0.416 e. The van der Waals surface area contributed by atoms with Gasteiger partial charge < -0.3 is 15.4 Å². The van der Waals surface area contributed by atoms with Gasteiger partial charge in [0.25, 0.3) is 11.8 Å². The van der Waals surface area contributed by atoms with Gasteiger partial charge in [0.15, 0.2) is 6.10 Å². The Morgan fingerprint density at radius 3 is 2.30 bits per heavy atom. The Balaban J connectivity index is 1.66. The van der Waals surface area contributed by atoms with Crippen molar-refractivity contribution >= 4 is 50.7 Å². The first-order valence-corrected chi connectivity index (χ1v) is 10.7. The molecule has 0 aromatic heterocycles. The van der Waals surface area contributed by atoms with E-state index in [-0.39, 0.29) is 11.3 Å². The van der Waals surface area contributed by atoms with Crippen LogP contribution in [0.3, 0.4) is 0 Å². The third kappa shape index (κ3) is 6.72. The topological polar surface area (TPSA) is 67.4 Å². The molecule has 3 rings (SSSR count). The lowest BCUT2D eigenvalue weighted by atomic mass is 10.1. The lowest BCUT2D eigenvalue weighted by Gasteiger charge is -2.16. The summed E-state index contributed by atoms with van der Waals surface area (Å²) >= 11 is 9.21. The van der Waals surface area contributed by atoms with E-state index in [0.717, 1.165) is 12.1 Å². The van der Waals surface area contributed by atoms with Crippen molar-refractivity contribution in [3.05, 3.63) is 87.4 Å². The molecule has 0 fully saturated rings. The van der Waals surface area contributed by atoms with Crippen LogP contribution in [-0.4, -0.2) is 17.9 Å². The van der Waals surface area contributed by atoms with Gasteiger partial charge in [-0.15, -0.1) is 0 Å². The molecule has 1 unspecified atom stereocenters. The molecule has 5 nitrogen and oxygen atoms in total. The van der Waals surface area contributed by atoms with Crippen molar-refractivity contribution in [2.45, 2.75) is 19.2 Å². The van der Waals surface area contributed by atoms with Gasteiger partial charge in [-0.25, -0.2) is 0 Å². The second-order valence-electron chi connectivity index (χ2n) is 6.94. The van der Waals surface area contributed by atoms with Crippen LogP contribution in [0.2, 0.25) is 5.02 Å². The molecule has 0 aliphatic carbocycles. The maximum absolute atomic E-state index is 12.9. The predicted molar refractivity (Wildman–Crippen MR) is 124 cm³/mol. The summed E-state index contributed by atoms with van der Waals surface area (Å²) in [4.78, 5) is 25.0. The number of alkyl halides is 3. The van der Waals surface area contributed by atoms with Crippen molar-refractivity contribution in [3.8, 4) is 5.75 Å². The van der Waals surface area contributed by atoms with Gasteiger partial charge in [-0.2, -0.15) is 13.2 Å². The Morgan fingerprint density at radius 1 is 0.970 bits per heavy atom. The normalized spacial score (nSPS) is 12.1. The molecule has 172 valence electrons. The first-order chi connectivity index (χ1) is 15.5. The number of anilines is 2. The minimum Gasteiger partial charge on any atom is -0.480 e. The number of hydrogen-bond acceptors (Lipinski definition) is 3. The maximum atomic E-state index is 12.9. The molecule has 0 spiro atoms. The number of halogens is 5. The second kappa shape index (κ2) is 10.3. The zero-order valence-corrected chi connectivity index (χ0v) is 19.4. The van der Waals surface area contributed by atoms with Gasteiger partial charge in [0.2, 0.25) is 0 Å². The molecule has 0 aliphatic heterocycles. The summed E-state index contributed by atoms with van der Waals surface area (Å²) in [5, 5.41) is 5.58. The minimum absolute atomic E-state index is 0.000160. The van der Waals surface area contributed by atoms with Crippen LogP contribution in [0.5, 0.6) is 5.75 Å². The average Bonchev–Trinajstić information content (AvgIpc) is 2.75. The summed E-state index contributed by atoms with van der Waals surface area (Å²) in [6.45, 7) is 1.56. The summed E-state index contributed by atoms with van der Waals surface area (Å²) in [7, 11) is 0.